The highest BCUT2D eigenvalue weighted by Crippen LogP contribution is 2.27. The lowest BCUT2D eigenvalue weighted by Gasteiger charge is -2.18. The van der Waals surface area contributed by atoms with Crippen molar-refractivity contribution in [3.05, 3.63) is 23.8 Å². The highest BCUT2D eigenvalue weighted by Gasteiger charge is 2.32. The summed E-state index contributed by atoms with van der Waals surface area (Å²) in [5, 5.41) is 0. The van der Waals surface area contributed by atoms with Gasteiger partial charge in [0.05, 0.1) is 12.0 Å². The Morgan fingerprint density at radius 1 is 1.47 bits per heavy atom. The Balaban J connectivity index is 2.30. The first-order valence-corrected chi connectivity index (χ1v) is 7.78. The summed E-state index contributed by atoms with van der Waals surface area (Å²) in [6, 6.07) is 5.03. The number of sulfonamides is 1. The number of aryl methyl sites for hydroxylation is 1. The van der Waals surface area contributed by atoms with Crippen molar-refractivity contribution in [1.29, 1.82) is 0 Å². The van der Waals surface area contributed by atoms with Crippen LogP contribution in [0.25, 0.3) is 0 Å². The van der Waals surface area contributed by atoms with E-state index in [1.807, 2.05) is 0 Å². The van der Waals surface area contributed by atoms with Crippen LogP contribution in [0.3, 0.4) is 0 Å². The fourth-order valence-electron chi connectivity index (χ4n) is 2.39. The number of nitrogens with two attached hydrogens (primary N) is 1. The minimum Gasteiger partial charge on any atom is -0.497 e. The molecular formula is C13H20N2O3S. The Hall–Kier alpha value is -1.11. The molecule has 1 atom stereocenters. The molecule has 0 aliphatic carbocycles. The zero-order valence-electron chi connectivity index (χ0n) is 11.3. The number of methoxy groups -OCH3 is 1. The van der Waals surface area contributed by atoms with Crippen molar-refractivity contribution in [2.24, 2.45) is 11.7 Å². The van der Waals surface area contributed by atoms with E-state index >= 15 is 0 Å². The van der Waals surface area contributed by atoms with E-state index in [9.17, 15) is 8.42 Å². The number of rotatable bonds is 4. The molecule has 1 aromatic carbocycles. The van der Waals surface area contributed by atoms with Crippen LogP contribution in [0, 0.1) is 12.8 Å². The molecule has 1 aliphatic rings. The maximum Gasteiger partial charge on any atom is 0.243 e. The summed E-state index contributed by atoms with van der Waals surface area (Å²) in [6.45, 7) is 3.39. The van der Waals surface area contributed by atoms with Gasteiger partial charge in [-0.1, -0.05) is 0 Å². The first-order chi connectivity index (χ1) is 8.98. The third-order valence-electron chi connectivity index (χ3n) is 3.58. The first-order valence-electron chi connectivity index (χ1n) is 6.34. The largest absolute Gasteiger partial charge is 0.497 e. The van der Waals surface area contributed by atoms with Crippen LogP contribution in [0.1, 0.15) is 12.0 Å². The van der Waals surface area contributed by atoms with Gasteiger partial charge in [0.25, 0.3) is 0 Å². The van der Waals surface area contributed by atoms with Gasteiger partial charge < -0.3 is 10.5 Å². The second kappa shape index (κ2) is 5.48. The molecule has 1 saturated heterocycles. The molecule has 0 radical (unpaired) electrons. The van der Waals surface area contributed by atoms with Crippen LogP contribution in [0.2, 0.25) is 0 Å². The smallest absolute Gasteiger partial charge is 0.243 e. The molecule has 19 heavy (non-hydrogen) atoms. The predicted octanol–water partition coefficient (Wildman–Crippen LogP) is 0.973. The van der Waals surface area contributed by atoms with Crippen LogP contribution in [-0.2, 0) is 10.0 Å². The fourth-order valence-corrected chi connectivity index (χ4v) is 4.12. The van der Waals surface area contributed by atoms with Crippen molar-refractivity contribution in [3.63, 3.8) is 0 Å². The molecule has 0 bridgehead atoms. The third kappa shape index (κ3) is 2.75. The van der Waals surface area contributed by atoms with Crippen molar-refractivity contribution < 1.29 is 13.2 Å². The molecular weight excluding hydrogens is 264 g/mol. The molecule has 1 unspecified atom stereocenters. The summed E-state index contributed by atoms with van der Waals surface area (Å²) < 4.78 is 31.7. The van der Waals surface area contributed by atoms with Crippen molar-refractivity contribution in [1.82, 2.24) is 4.31 Å². The zero-order chi connectivity index (χ0) is 14.0. The second-order valence-electron chi connectivity index (χ2n) is 4.88. The number of benzene rings is 1. The average molecular weight is 284 g/mol. The topological polar surface area (TPSA) is 72.6 Å². The molecule has 0 aromatic heterocycles. The lowest BCUT2D eigenvalue weighted by molar-refractivity contribution is 0.413. The molecule has 2 rings (SSSR count). The summed E-state index contributed by atoms with van der Waals surface area (Å²) in [5.41, 5.74) is 6.31. The van der Waals surface area contributed by atoms with Crippen molar-refractivity contribution in [2.75, 3.05) is 26.7 Å². The molecule has 0 amide bonds. The monoisotopic (exact) mass is 284 g/mol. The molecule has 0 spiro atoms. The minimum absolute atomic E-state index is 0.272. The Morgan fingerprint density at radius 2 is 2.21 bits per heavy atom. The Labute approximate surface area is 114 Å². The molecule has 1 heterocycles. The van der Waals surface area contributed by atoms with E-state index in [1.165, 1.54) is 4.31 Å². The summed E-state index contributed by atoms with van der Waals surface area (Å²) in [4.78, 5) is 0.353. The van der Waals surface area contributed by atoms with Gasteiger partial charge in [-0.3, -0.25) is 0 Å². The van der Waals surface area contributed by atoms with Gasteiger partial charge in [0.2, 0.25) is 10.0 Å². The molecule has 5 nitrogen and oxygen atoms in total. The molecule has 1 aliphatic heterocycles. The highest BCUT2D eigenvalue weighted by molar-refractivity contribution is 7.89. The van der Waals surface area contributed by atoms with Crippen LogP contribution >= 0.6 is 0 Å². The SMILES string of the molecule is COc1ccc(S(=O)(=O)N2CCC(CN)C2)c(C)c1. The third-order valence-corrected chi connectivity index (χ3v) is 5.61. The maximum absolute atomic E-state index is 12.6. The van der Waals surface area contributed by atoms with E-state index in [4.69, 9.17) is 10.5 Å². The van der Waals surface area contributed by atoms with E-state index in [1.54, 1.807) is 32.2 Å². The van der Waals surface area contributed by atoms with Gasteiger partial charge in [0, 0.05) is 13.1 Å². The van der Waals surface area contributed by atoms with E-state index in [0.29, 0.717) is 35.8 Å². The highest BCUT2D eigenvalue weighted by atomic mass is 32.2. The molecule has 6 heteroatoms. The molecule has 1 aromatic rings. The summed E-state index contributed by atoms with van der Waals surface area (Å²) in [7, 11) is -1.85. The minimum atomic E-state index is -3.42. The fraction of sp³-hybridized carbons (Fsp3) is 0.538. The Bertz CT molecular complexity index is 557. The van der Waals surface area contributed by atoms with E-state index in [-0.39, 0.29) is 5.92 Å². The summed E-state index contributed by atoms with van der Waals surface area (Å²) in [6.07, 6.45) is 0.838. The Kier molecular flexibility index (Phi) is 4.13. The van der Waals surface area contributed by atoms with Crippen molar-refractivity contribution in [2.45, 2.75) is 18.2 Å². The average Bonchev–Trinajstić information content (AvgIpc) is 2.87. The van der Waals surface area contributed by atoms with E-state index in [2.05, 4.69) is 0 Å². The van der Waals surface area contributed by atoms with Gasteiger partial charge in [0.15, 0.2) is 0 Å². The van der Waals surface area contributed by atoms with Gasteiger partial charge in [-0.2, -0.15) is 4.31 Å². The lowest BCUT2D eigenvalue weighted by atomic mass is 10.1. The van der Waals surface area contributed by atoms with Crippen LogP contribution in [0.4, 0.5) is 0 Å². The van der Waals surface area contributed by atoms with Crippen LogP contribution in [-0.4, -0.2) is 39.5 Å². The number of hydrogen-bond donors (Lipinski definition) is 1. The maximum atomic E-state index is 12.6. The predicted molar refractivity (Wildman–Crippen MR) is 73.7 cm³/mol. The van der Waals surface area contributed by atoms with Gasteiger partial charge in [-0.15, -0.1) is 0 Å². The summed E-state index contributed by atoms with van der Waals surface area (Å²) >= 11 is 0. The van der Waals surface area contributed by atoms with E-state index in [0.717, 1.165) is 6.42 Å². The quantitative estimate of drug-likeness (QED) is 0.894. The summed E-state index contributed by atoms with van der Waals surface area (Å²) in [5.74, 6) is 0.936. The van der Waals surface area contributed by atoms with E-state index < -0.39 is 10.0 Å². The number of ether oxygens (including phenoxy) is 1. The number of nitrogens with zero attached hydrogens (tertiary/aromatic N) is 1. The second-order valence-corrected chi connectivity index (χ2v) is 6.79. The molecule has 106 valence electrons. The van der Waals surface area contributed by atoms with Crippen LogP contribution < -0.4 is 10.5 Å². The molecule has 2 N–H and O–H groups in total. The first kappa shape index (κ1) is 14.3. The lowest BCUT2D eigenvalue weighted by Crippen LogP contribution is -2.30. The van der Waals surface area contributed by atoms with Crippen molar-refractivity contribution in [3.8, 4) is 5.75 Å². The van der Waals surface area contributed by atoms with Crippen LogP contribution in [0.15, 0.2) is 23.1 Å². The van der Waals surface area contributed by atoms with Gasteiger partial charge in [-0.25, -0.2) is 8.42 Å². The van der Waals surface area contributed by atoms with Crippen LogP contribution in [0.5, 0.6) is 5.75 Å². The van der Waals surface area contributed by atoms with Crippen molar-refractivity contribution >= 4 is 10.0 Å². The standard InChI is InChI=1S/C13H20N2O3S/c1-10-7-12(18-2)3-4-13(10)19(16,17)15-6-5-11(8-14)9-15/h3-4,7,11H,5-6,8-9,14H2,1-2H3. The van der Waals surface area contributed by atoms with Gasteiger partial charge in [0.1, 0.15) is 5.75 Å². The Morgan fingerprint density at radius 3 is 2.74 bits per heavy atom. The zero-order valence-corrected chi connectivity index (χ0v) is 12.1. The number of hydrogen-bond acceptors (Lipinski definition) is 4. The normalized spacial score (nSPS) is 20.7. The van der Waals surface area contributed by atoms with Gasteiger partial charge in [-0.05, 0) is 49.6 Å². The molecule has 1 fully saturated rings. The van der Waals surface area contributed by atoms with Gasteiger partial charge >= 0.3 is 0 Å². The molecule has 0 saturated carbocycles.